The van der Waals surface area contributed by atoms with Crippen molar-refractivity contribution in [3.05, 3.63) is 18.1 Å². The maximum absolute atomic E-state index is 6.06. The summed E-state index contributed by atoms with van der Waals surface area (Å²) in [6.45, 7) is 3.07. The van der Waals surface area contributed by atoms with Crippen molar-refractivity contribution in [1.29, 1.82) is 0 Å². The van der Waals surface area contributed by atoms with Gasteiger partial charge in [0.25, 0.3) is 0 Å². The zero-order valence-corrected chi connectivity index (χ0v) is 12.3. The van der Waals surface area contributed by atoms with E-state index in [0.717, 1.165) is 18.7 Å². The Labute approximate surface area is 121 Å². The van der Waals surface area contributed by atoms with Crippen LogP contribution in [-0.2, 0) is 6.54 Å². The number of rotatable bonds is 6. The van der Waals surface area contributed by atoms with Crippen LogP contribution in [0.4, 0.5) is 0 Å². The minimum atomic E-state index is 0.332. The lowest BCUT2D eigenvalue weighted by atomic mass is 9.85. The number of ether oxygens (including phenoxy) is 1. The predicted molar refractivity (Wildman–Crippen MR) is 78.6 cm³/mol. The SMILES string of the molecule is CCC1CCCCC1Oc1cnc(CNC2CC2)cn1. The van der Waals surface area contributed by atoms with Gasteiger partial charge in [0.05, 0.1) is 18.1 Å². The van der Waals surface area contributed by atoms with E-state index in [1.54, 1.807) is 6.20 Å². The molecule has 2 aliphatic carbocycles. The predicted octanol–water partition coefficient (Wildman–Crippen LogP) is 3.08. The molecule has 2 atom stereocenters. The van der Waals surface area contributed by atoms with Crippen LogP contribution in [-0.4, -0.2) is 22.1 Å². The Bertz CT molecular complexity index is 416. The number of aromatic nitrogens is 2. The third-order valence-corrected chi connectivity index (χ3v) is 4.47. The van der Waals surface area contributed by atoms with Gasteiger partial charge in [-0.05, 0) is 44.4 Å². The van der Waals surface area contributed by atoms with E-state index in [1.165, 1.54) is 38.5 Å². The molecule has 1 aromatic rings. The molecular formula is C16H25N3O. The highest BCUT2D eigenvalue weighted by Crippen LogP contribution is 2.29. The molecule has 110 valence electrons. The summed E-state index contributed by atoms with van der Waals surface area (Å²) >= 11 is 0. The summed E-state index contributed by atoms with van der Waals surface area (Å²) in [5, 5.41) is 3.45. The van der Waals surface area contributed by atoms with Crippen molar-refractivity contribution >= 4 is 0 Å². The van der Waals surface area contributed by atoms with Crippen molar-refractivity contribution in [1.82, 2.24) is 15.3 Å². The quantitative estimate of drug-likeness (QED) is 0.866. The zero-order chi connectivity index (χ0) is 13.8. The number of nitrogens with one attached hydrogen (secondary N) is 1. The molecule has 2 aliphatic rings. The molecule has 2 unspecified atom stereocenters. The van der Waals surface area contributed by atoms with Crippen molar-refractivity contribution in [2.45, 2.75) is 70.6 Å². The molecule has 0 saturated heterocycles. The lowest BCUT2D eigenvalue weighted by Gasteiger charge is -2.30. The molecule has 2 fully saturated rings. The summed E-state index contributed by atoms with van der Waals surface area (Å²) in [5.74, 6) is 1.37. The van der Waals surface area contributed by atoms with E-state index >= 15 is 0 Å². The van der Waals surface area contributed by atoms with Crippen LogP contribution in [0, 0.1) is 5.92 Å². The second-order valence-corrected chi connectivity index (χ2v) is 6.11. The first kappa shape index (κ1) is 13.8. The third kappa shape index (κ3) is 3.69. The molecule has 20 heavy (non-hydrogen) atoms. The molecule has 3 rings (SSSR count). The van der Waals surface area contributed by atoms with Crippen molar-refractivity contribution in [3.63, 3.8) is 0 Å². The largest absolute Gasteiger partial charge is 0.473 e. The molecule has 2 saturated carbocycles. The van der Waals surface area contributed by atoms with Gasteiger partial charge >= 0.3 is 0 Å². The fourth-order valence-electron chi connectivity index (χ4n) is 2.98. The van der Waals surface area contributed by atoms with E-state index in [4.69, 9.17) is 4.74 Å². The zero-order valence-electron chi connectivity index (χ0n) is 12.3. The Balaban J connectivity index is 1.53. The van der Waals surface area contributed by atoms with Gasteiger partial charge in [-0.1, -0.05) is 13.3 Å². The summed E-state index contributed by atoms with van der Waals surface area (Å²) < 4.78 is 6.06. The summed E-state index contributed by atoms with van der Waals surface area (Å²) in [7, 11) is 0. The van der Waals surface area contributed by atoms with Crippen molar-refractivity contribution in [3.8, 4) is 5.88 Å². The first-order valence-electron chi connectivity index (χ1n) is 8.06. The summed E-state index contributed by atoms with van der Waals surface area (Å²) in [6.07, 6.45) is 12.8. The molecule has 4 heteroatoms. The second kappa shape index (κ2) is 6.53. The molecule has 0 amide bonds. The number of hydrogen-bond acceptors (Lipinski definition) is 4. The maximum Gasteiger partial charge on any atom is 0.232 e. The van der Waals surface area contributed by atoms with Crippen LogP contribution in [0.25, 0.3) is 0 Å². The van der Waals surface area contributed by atoms with E-state index in [2.05, 4.69) is 22.2 Å². The molecule has 1 N–H and O–H groups in total. The van der Waals surface area contributed by atoms with E-state index in [-0.39, 0.29) is 0 Å². The van der Waals surface area contributed by atoms with Crippen molar-refractivity contribution in [2.75, 3.05) is 0 Å². The van der Waals surface area contributed by atoms with Crippen LogP contribution in [0.15, 0.2) is 12.4 Å². The highest BCUT2D eigenvalue weighted by Gasteiger charge is 2.25. The van der Waals surface area contributed by atoms with Gasteiger partial charge in [-0.3, -0.25) is 4.98 Å². The van der Waals surface area contributed by atoms with Gasteiger partial charge in [-0.25, -0.2) is 4.98 Å². The maximum atomic E-state index is 6.06. The normalized spacial score (nSPS) is 26.4. The van der Waals surface area contributed by atoms with E-state index < -0.39 is 0 Å². The molecule has 4 nitrogen and oxygen atoms in total. The van der Waals surface area contributed by atoms with Crippen molar-refractivity contribution in [2.24, 2.45) is 5.92 Å². The fraction of sp³-hybridized carbons (Fsp3) is 0.750. The van der Waals surface area contributed by atoms with Gasteiger partial charge in [0.15, 0.2) is 0 Å². The average molecular weight is 275 g/mol. The second-order valence-electron chi connectivity index (χ2n) is 6.11. The Morgan fingerprint density at radius 1 is 1.15 bits per heavy atom. The minimum absolute atomic E-state index is 0.332. The standard InChI is InChI=1S/C16H25N3O/c1-2-12-5-3-4-6-15(12)20-16-11-18-14(10-19-16)9-17-13-7-8-13/h10-13,15,17H,2-9H2,1H3. The van der Waals surface area contributed by atoms with Gasteiger partial charge in [0, 0.05) is 12.6 Å². The highest BCUT2D eigenvalue weighted by atomic mass is 16.5. The Hall–Kier alpha value is -1.16. The number of hydrogen-bond donors (Lipinski definition) is 1. The highest BCUT2D eigenvalue weighted by molar-refractivity contribution is 5.08. The van der Waals surface area contributed by atoms with Crippen LogP contribution in [0.3, 0.4) is 0 Å². The Morgan fingerprint density at radius 2 is 2.00 bits per heavy atom. The van der Waals surface area contributed by atoms with Crippen LogP contribution in [0.1, 0.15) is 57.6 Å². The lowest BCUT2D eigenvalue weighted by Crippen LogP contribution is -2.30. The van der Waals surface area contributed by atoms with Crippen LogP contribution >= 0.6 is 0 Å². The fourth-order valence-corrected chi connectivity index (χ4v) is 2.98. The van der Waals surface area contributed by atoms with E-state index in [0.29, 0.717) is 23.9 Å². The monoisotopic (exact) mass is 275 g/mol. The molecule has 0 bridgehead atoms. The number of nitrogens with zero attached hydrogens (tertiary/aromatic N) is 2. The van der Waals surface area contributed by atoms with E-state index in [1.807, 2.05) is 6.20 Å². The van der Waals surface area contributed by atoms with Gasteiger partial charge in [0.1, 0.15) is 6.10 Å². The van der Waals surface area contributed by atoms with Crippen LogP contribution in [0.5, 0.6) is 5.88 Å². The first-order chi connectivity index (χ1) is 9.85. The molecule has 1 aromatic heterocycles. The van der Waals surface area contributed by atoms with Gasteiger partial charge < -0.3 is 10.1 Å². The lowest BCUT2D eigenvalue weighted by molar-refractivity contribution is 0.0853. The van der Waals surface area contributed by atoms with Gasteiger partial charge in [-0.15, -0.1) is 0 Å². The molecule has 0 aliphatic heterocycles. The summed E-state index contributed by atoms with van der Waals surface area (Å²) in [5.41, 5.74) is 1.000. The summed E-state index contributed by atoms with van der Waals surface area (Å²) in [6, 6.07) is 0.709. The third-order valence-electron chi connectivity index (χ3n) is 4.47. The Morgan fingerprint density at radius 3 is 2.70 bits per heavy atom. The molecule has 1 heterocycles. The molecule has 0 radical (unpaired) electrons. The van der Waals surface area contributed by atoms with Gasteiger partial charge in [0.2, 0.25) is 5.88 Å². The van der Waals surface area contributed by atoms with Crippen LogP contribution in [0.2, 0.25) is 0 Å². The topological polar surface area (TPSA) is 47.0 Å². The average Bonchev–Trinajstić information content (AvgIpc) is 3.31. The molecule has 0 spiro atoms. The minimum Gasteiger partial charge on any atom is -0.473 e. The Kier molecular flexibility index (Phi) is 4.51. The van der Waals surface area contributed by atoms with Gasteiger partial charge in [-0.2, -0.15) is 0 Å². The van der Waals surface area contributed by atoms with Crippen LogP contribution < -0.4 is 10.1 Å². The molecular weight excluding hydrogens is 250 g/mol. The van der Waals surface area contributed by atoms with Crippen molar-refractivity contribution < 1.29 is 4.74 Å². The summed E-state index contributed by atoms with van der Waals surface area (Å²) in [4.78, 5) is 8.86. The first-order valence-corrected chi connectivity index (χ1v) is 8.06. The smallest absolute Gasteiger partial charge is 0.232 e. The van der Waals surface area contributed by atoms with E-state index in [9.17, 15) is 0 Å². The molecule has 0 aromatic carbocycles.